The Balaban J connectivity index is 1.80. The van der Waals surface area contributed by atoms with Gasteiger partial charge in [-0.25, -0.2) is 9.38 Å². The van der Waals surface area contributed by atoms with Crippen molar-refractivity contribution in [1.82, 2.24) is 5.32 Å². The number of amides is 1. The molecule has 1 N–H and O–H groups in total. The number of hydrogen-bond donors (Lipinski definition) is 1. The maximum Gasteiger partial charge on any atom is 0.264 e. The molecule has 1 heterocycles. The molecule has 1 aliphatic rings. The van der Waals surface area contributed by atoms with Crippen LogP contribution >= 0.6 is 11.8 Å². The molecule has 3 rings (SSSR count). The first-order chi connectivity index (χ1) is 11.1. The summed E-state index contributed by atoms with van der Waals surface area (Å²) in [6.45, 7) is 0. The molecule has 1 amide bonds. The van der Waals surface area contributed by atoms with Gasteiger partial charge in [0.1, 0.15) is 11.6 Å². The minimum Gasteiger partial charge on any atom is -0.497 e. The van der Waals surface area contributed by atoms with Crippen LogP contribution in [-0.4, -0.2) is 18.2 Å². The van der Waals surface area contributed by atoms with Crippen molar-refractivity contribution in [3.8, 4) is 5.75 Å². The zero-order valence-electron chi connectivity index (χ0n) is 12.2. The monoisotopic (exact) mass is 328 g/mol. The van der Waals surface area contributed by atoms with Gasteiger partial charge in [0.15, 0.2) is 5.17 Å². The van der Waals surface area contributed by atoms with E-state index in [1.165, 1.54) is 23.9 Å². The van der Waals surface area contributed by atoms with Crippen LogP contribution < -0.4 is 10.1 Å². The molecule has 0 atom stereocenters. The molecule has 0 radical (unpaired) electrons. The van der Waals surface area contributed by atoms with Crippen LogP contribution in [0.1, 0.15) is 5.56 Å². The number of carbonyl (C=O) groups excluding carboxylic acids is 1. The lowest BCUT2D eigenvalue weighted by Gasteiger charge is -1.99. The average molecular weight is 328 g/mol. The van der Waals surface area contributed by atoms with Gasteiger partial charge in [0.2, 0.25) is 0 Å². The van der Waals surface area contributed by atoms with Crippen LogP contribution in [0.2, 0.25) is 0 Å². The van der Waals surface area contributed by atoms with Crippen LogP contribution in [-0.2, 0) is 4.79 Å². The zero-order chi connectivity index (χ0) is 16.2. The van der Waals surface area contributed by atoms with E-state index in [0.717, 1.165) is 5.75 Å². The number of aliphatic imine (C=N–C) groups is 1. The topological polar surface area (TPSA) is 50.7 Å². The van der Waals surface area contributed by atoms with Gasteiger partial charge < -0.3 is 10.1 Å². The fraction of sp³-hybridized carbons (Fsp3) is 0.0588. The predicted octanol–water partition coefficient (Wildman–Crippen LogP) is 3.73. The second-order valence-corrected chi connectivity index (χ2v) is 5.77. The summed E-state index contributed by atoms with van der Waals surface area (Å²) in [4.78, 5) is 16.8. The molecule has 116 valence electrons. The van der Waals surface area contributed by atoms with Gasteiger partial charge >= 0.3 is 0 Å². The molecule has 0 aliphatic carbocycles. The molecule has 0 aromatic heterocycles. The first-order valence-corrected chi connectivity index (χ1v) is 7.65. The zero-order valence-corrected chi connectivity index (χ0v) is 13.1. The standard InChI is InChI=1S/C17H13FN2O2S/c1-22-14-7-5-13(6-8-14)19-17-20-16(21)15(23-17)10-11-3-2-4-12(18)9-11/h2-10H,1H3,(H,19,20,21)/b15-10-. The van der Waals surface area contributed by atoms with Gasteiger partial charge in [0, 0.05) is 0 Å². The highest BCUT2D eigenvalue weighted by atomic mass is 32.2. The molecule has 6 heteroatoms. The molecule has 0 unspecified atom stereocenters. The molecule has 1 fully saturated rings. The summed E-state index contributed by atoms with van der Waals surface area (Å²) in [6.07, 6.45) is 1.64. The second-order valence-electron chi connectivity index (χ2n) is 4.73. The predicted molar refractivity (Wildman–Crippen MR) is 90.2 cm³/mol. The fourth-order valence-electron chi connectivity index (χ4n) is 2.00. The summed E-state index contributed by atoms with van der Waals surface area (Å²) in [5, 5.41) is 3.19. The molecule has 2 aromatic carbocycles. The number of nitrogens with zero attached hydrogens (tertiary/aromatic N) is 1. The first kappa shape index (κ1) is 15.3. The number of hydrogen-bond acceptors (Lipinski definition) is 4. The molecular formula is C17H13FN2O2S. The van der Waals surface area contributed by atoms with Crippen molar-refractivity contribution >= 4 is 34.6 Å². The normalized spacial score (nSPS) is 17.6. The summed E-state index contributed by atoms with van der Waals surface area (Å²) in [5.41, 5.74) is 1.34. The average Bonchev–Trinajstić information content (AvgIpc) is 2.87. The van der Waals surface area contributed by atoms with E-state index in [4.69, 9.17) is 4.74 Å². The van der Waals surface area contributed by atoms with Crippen LogP contribution in [0, 0.1) is 5.82 Å². The van der Waals surface area contributed by atoms with Crippen molar-refractivity contribution in [2.24, 2.45) is 4.99 Å². The third kappa shape index (κ3) is 3.78. The molecular weight excluding hydrogens is 315 g/mol. The summed E-state index contributed by atoms with van der Waals surface area (Å²) < 4.78 is 18.3. The van der Waals surface area contributed by atoms with Gasteiger partial charge in [-0.1, -0.05) is 12.1 Å². The maximum absolute atomic E-state index is 13.2. The van der Waals surface area contributed by atoms with Crippen molar-refractivity contribution in [1.29, 1.82) is 0 Å². The lowest BCUT2D eigenvalue weighted by Crippen LogP contribution is -2.19. The Morgan fingerprint density at radius 2 is 2.00 bits per heavy atom. The summed E-state index contributed by atoms with van der Waals surface area (Å²) in [5.74, 6) is 0.158. The Hall–Kier alpha value is -2.60. The largest absolute Gasteiger partial charge is 0.497 e. The van der Waals surface area contributed by atoms with Crippen LogP contribution in [0.3, 0.4) is 0 Å². The van der Waals surface area contributed by atoms with Crippen LogP contribution in [0.4, 0.5) is 10.1 Å². The highest BCUT2D eigenvalue weighted by molar-refractivity contribution is 8.18. The number of methoxy groups -OCH3 is 1. The Morgan fingerprint density at radius 3 is 2.70 bits per heavy atom. The third-order valence-corrected chi connectivity index (χ3v) is 4.01. The number of halogens is 1. The van der Waals surface area contributed by atoms with Crippen LogP contribution in [0.15, 0.2) is 58.4 Å². The molecule has 0 bridgehead atoms. The number of carbonyl (C=O) groups is 1. The summed E-state index contributed by atoms with van der Waals surface area (Å²) in [7, 11) is 1.59. The minimum absolute atomic E-state index is 0.244. The summed E-state index contributed by atoms with van der Waals surface area (Å²) in [6, 6.07) is 13.3. The number of rotatable bonds is 3. The molecule has 2 aromatic rings. The highest BCUT2D eigenvalue weighted by Gasteiger charge is 2.23. The second kappa shape index (κ2) is 6.66. The Bertz CT molecular complexity index is 800. The van der Waals surface area contributed by atoms with E-state index in [-0.39, 0.29) is 11.7 Å². The maximum atomic E-state index is 13.2. The number of nitrogens with one attached hydrogen (secondary N) is 1. The molecule has 0 spiro atoms. The number of benzene rings is 2. The van der Waals surface area contributed by atoms with Crippen molar-refractivity contribution in [2.75, 3.05) is 7.11 Å². The third-order valence-electron chi connectivity index (χ3n) is 3.10. The van der Waals surface area contributed by atoms with Crippen molar-refractivity contribution in [2.45, 2.75) is 0 Å². The quantitative estimate of drug-likeness (QED) is 0.874. The van der Waals surface area contributed by atoms with E-state index in [1.807, 2.05) is 0 Å². The van der Waals surface area contributed by atoms with E-state index in [2.05, 4.69) is 10.3 Å². The SMILES string of the molecule is COc1ccc(N=C2NC(=O)/C(=C/c3cccc(F)c3)S2)cc1. The van der Waals surface area contributed by atoms with Crippen LogP contribution in [0.5, 0.6) is 5.75 Å². The van der Waals surface area contributed by atoms with E-state index in [0.29, 0.717) is 21.3 Å². The molecule has 1 saturated heterocycles. The molecule has 1 aliphatic heterocycles. The Kier molecular flexibility index (Phi) is 4.43. The van der Waals surface area contributed by atoms with Gasteiger partial charge in [-0.2, -0.15) is 0 Å². The van der Waals surface area contributed by atoms with E-state index in [1.54, 1.807) is 49.6 Å². The summed E-state index contributed by atoms with van der Waals surface area (Å²) >= 11 is 1.22. The lowest BCUT2D eigenvalue weighted by atomic mass is 10.2. The first-order valence-electron chi connectivity index (χ1n) is 6.83. The smallest absolute Gasteiger partial charge is 0.264 e. The van der Waals surface area contributed by atoms with E-state index in [9.17, 15) is 9.18 Å². The van der Waals surface area contributed by atoms with Gasteiger partial charge in [0.25, 0.3) is 5.91 Å². The Morgan fingerprint density at radius 1 is 1.22 bits per heavy atom. The molecule has 0 saturated carbocycles. The molecule has 23 heavy (non-hydrogen) atoms. The van der Waals surface area contributed by atoms with E-state index < -0.39 is 0 Å². The lowest BCUT2D eigenvalue weighted by molar-refractivity contribution is -0.115. The van der Waals surface area contributed by atoms with Crippen molar-refractivity contribution < 1.29 is 13.9 Å². The van der Waals surface area contributed by atoms with Gasteiger partial charge in [-0.05, 0) is 59.8 Å². The van der Waals surface area contributed by atoms with Gasteiger partial charge in [0.05, 0.1) is 17.7 Å². The fourth-order valence-corrected chi connectivity index (χ4v) is 2.84. The number of thioether (sulfide) groups is 1. The minimum atomic E-state index is -0.338. The molecule has 4 nitrogen and oxygen atoms in total. The van der Waals surface area contributed by atoms with E-state index >= 15 is 0 Å². The van der Waals surface area contributed by atoms with Gasteiger partial charge in [-0.3, -0.25) is 4.79 Å². The van der Waals surface area contributed by atoms with Crippen LogP contribution in [0.25, 0.3) is 6.08 Å². The highest BCUT2D eigenvalue weighted by Crippen LogP contribution is 2.28. The Labute approximate surface area is 137 Å². The number of ether oxygens (including phenoxy) is 1. The van der Waals surface area contributed by atoms with Crippen molar-refractivity contribution in [3.05, 3.63) is 64.8 Å². The number of amidine groups is 1. The van der Waals surface area contributed by atoms with Gasteiger partial charge in [-0.15, -0.1) is 0 Å². The van der Waals surface area contributed by atoms with Crippen molar-refractivity contribution in [3.63, 3.8) is 0 Å².